The summed E-state index contributed by atoms with van der Waals surface area (Å²) in [6, 6.07) is 3.29. The van der Waals surface area contributed by atoms with Gasteiger partial charge in [-0.25, -0.2) is 5.01 Å². The molecule has 0 aromatic carbocycles. The van der Waals surface area contributed by atoms with Crippen LogP contribution < -0.4 is 5.43 Å². The van der Waals surface area contributed by atoms with Crippen molar-refractivity contribution in [3.63, 3.8) is 0 Å². The average molecular weight is 350 g/mol. The Hall–Kier alpha value is -1.56. The van der Waals surface area contributed by atoms with Gasteiger partial charge in [-0.3, -0.25) is 20.0 Å². The normalized spacial score (nSPS) is 17.3. The monoisotopic (exact) mass is 349 g/mol. The molecular formula is C18H27N3O2S. The van der Waals surface area contributed by atoms with Gasteiger partial charge >= 0.3 is 0 Å². The fraction of sp³-hybridized carbons (Fsp3) is 0.611. The number of hydrazine groups is 1. The zero-order chi connectivity index (χ0) is 17.2. The smallest absolute Gasteiger partial charge is 0.270 e. The fourth-order valence-corrected chi connectivity index (χ4v) is 3.90. The van der Waals surface area contributed by atoms with E-state index in [1.54, 1.807) is 36.3 Å². The Bertz CT molecular complexity index is 524. The Kier molecular flexibility index (Phi) is 8.08. The lowest BCUT2D eigenvalue weighted by Gasteiger charge is -2.24. The van der Waals surface area contributed by atoms with E-state index in [1.165, 1.54) is 43.5 Å². The van der Waals surface area contributed by atoms with Crippen molar-refractivity contribution in [1.29, 1.82) is 0 Å². The Morgan fingerprint density at radius 2 is 1.88 bits per heavy atom. The average Bonchev–Trinajstić information content (AvgIpc) is 2.95. The summed E-state index contributed by atoms with van der Waals surface area (Å²) in [5, 5.41) is 1.57. The molecule has 2 heterocycles. The maximum absolute atomic E-state index is 12.2. The molecule has 0 radical (unpaired) electrons. The molecule has 132 valence electrons. The van der Waals surface area contributed by atoms with Gasteiger partial charge in [0.05, 0.1) is 11.1 Å². The van der Waals surface area contributed by atoms with Crippen molar-refractivity contribution in [3.05, 3.63) is 30.1 Å². The largest absolute Gasteiger partial charge is 0.272 e. The van der Waals surface area contributed by atoms with Crippen molar-refractivity contribution in [3.8, 4) is 0 Å². The van der Waals surface area contributed by atoms with Crippen LogP contribution in [0.5, 0.6) is 0 Å². The van der Waals surface area contributed by atoms with Crippen molar-refractivity contribution < 1.29 is 9.59 Å². The summed E-state index contributed by atoms with van der Waals surface area (Å²) in [6.45, 7) is 2.23. The molecule has 0 saturated carbocycles. The third-order valence-corrected chi connectivity index (χ3v) is 5.42. The highest BCUT2D eigenvalue weighted by atomic mass is 32.2. The summed E-state index contributed by atoms with van der Waals surface area (Å²) in [5.41, 5.74) is 3.28. The lowest BCUT2D eigenvalue weighted by Crippen LogP contribution is -2.47. The fourth-order valence-electron chi connectivity index (χ4n) is 2.77. The SMILES string of the molecule is CCCCCCCCCC1SCC(=O)N1NC(=O)c1ccncc1. The van der Waals surface area contributed by atoms with Crippen molar-refractivity contribution in [2.24, 2.45) is 0 Å². The van der Waals surface area contributed by atoms with E-state index in [1.807, 2.05) is 0 Å². The van der Waals surface area contributed by atoms with Gasteiger partial charge in [0.25, 0.3) is 11.8 Å². The second kappa shape index (κ2) is 10.3. The molecular weight excluding hydrogens is 322 g/mol. The van der Waals surface area contributed by atoms with E-state index in [0.717, 1.165) is 12.8 Å². The Labute approximate surface area is 148 Å². The third kappa shape index (κ3) is 5.82. The van der Waals surface area contributed by atoms with Crippen LogP contribution in [-0.4, -0.2) is 32.9 Å². The highest BCUT2D eigenvalue weighted by Gasteiger charge is 2.32. The number of carbonyl (C=O) groups excluding carboxylic acids is 2. The zero-order valence-electron chi connectivity index (χ0n) is 14.4. The number of amides is 2. The Morgan fingerprint density at radius 3 is 2.58 bits per heavy atom. The first-order valence-electron chi connectivity index (χ1n) is 8.87. The zero-order valence-corrected chi connectivity index (χ0v) is 15.2. The van der Waals surface area contributed by atoms with E-state index < -0.39 is 0 Å². The van der Waals surface area contributed by atoms with Gasteiger partial charge in [-0.2, -0.15) is 0 Å². The number of thioether (sulfide) groups is 1. The molecule has 0 bridgehead atoms. The van der Waals surface area contributed by atoms with Gasteiger partial charge in [-0.15, -0.1) is 11.8 Å². The molecule has 24 heavy (non-hydrogen) atoms. The summed E-state index contributed by atoms with van der Waals surface area (Å²) >= 11 is 1.62. The molecule has 1 unspecified atom stereocenters. The quantitative estimate of drug-likeness (QED) is 0.653. The number of rotatable bonds is 10. The van der Waals surface area contributed by atoms with Crippen LogP contribution in [0.2, 0.25) is 0 Å². The number of carbonyl (C=O) groups is 2. The molecule has 1 saturated heterocycles. The second-order valence-electron chi connectivity index (χ2n) is 6.12. The van der Waals surface area contributed by atoms with Gasteiger partial charge in [0, 0.05) is 18.0 Å². The minimum absolute atomic E-state index is 0.0182. The first-order chi connectivity index (χ1) is 11.7. The van der Waals surface area contributed by atoms with Crippen LogP contribution >= 0.6 is 11.8 Å². The minimum Gasteiger partial charge on any atom is -0.272 e. The summed E-state index contributed by atoms with van der Waals surface area (Å²) < 4.78 is 0. The van der Waals surface area contributed by atoms with E-state index in [-0.39, 0.29) is 17.2 Å². The number of nitrogens with zero attached hydrogens (tertiary/aromatic N) is 2. The number of aromatic nitrogens is 1. The number of hydrogen-bond donors (Lipinski definition) is 1. The molecule has 2 amide bonds. The third-order valence-electron chi connectivity index (χ3n) is 4.18. The predicted molar refractivity (Wildman–Crippen MR) is 97.4 cm³/mol. The maximum Gasteiger partial charge on any atom is 0.270 e. The first-order valence-corrected chi connectivity index (χ1v) is 9.92. The summed E-state index contributed by atoms with van der Waals surface area (Å²) in [7, 11) is 0. The molecule has 1 atom stereocenters. The molecule has 1 aliphatic rings. The standard InChI is InChI=1S/C18H27N3O2S/c1-2-3-4-5-6-7-8-9-17-21(16(22)14-24-17)20-18(23)15-10-12-19-13-11-15/h10-13,17H,2-9,14H2,1H3,(H,20,23). The molecule has 1 aliphatic heterocycles. The van der Waals surface area contributed by atoms with Gasteiger partial charge in [0.1, 0.15) is 0 Å². The first kappa shape index (κ1) is 18.8. The van der Waals surface area contributed by atoms with Crippen LogP contribution in [0, 0.1) is 0 Å². The van der Waals surface area contributed by atoms with Crippen LogP contribution in [0.25, 0.3) is 0 Å². The lowest BCUT2D eigenvalue weighted by atomic mass is 10.1. The second-order valence-corrected chi connectivity index (χ2v) is 7.28. The highest BCUT2D eigenvalue weighted by Crippen LogP contribution is 2.28. The topological polar surface area (TPSA) is 62.3 Å². The van der Waals surface area contributed by atoms with Crippen molar-refractivity contribution in [2.45, 2.75) is 63.7 Å². The Balaban J connectivity index is 1.74. The van der Waals surface area contributed by atoms with Crippen molar-refractivity contribution in [2.75, 3.05) is 5.75 Å². The van der Waals surface area contributed by atoms with Gasteiger partial charge in [-0.1, -0.05) is 51.9 Å². The summed E-state index contributed by atoms with van der Waals surface area (Å²) in [5.74, 6) is 0.172. The summed E-state index contributed by atoms with van der Waals surface area (Å²) in [6.07, 6.45) is 12.8. The van der Waals surface area contributed by atoms with Crippen LogP contribution in [0.4, 0.5) is 0 Å². The molecule has 0 aliphatic carbocycles. The van der Waals surface area contributed by atoms with E-state index in [9.17, 15) is 9.59 Å². The van der Waals surface area contributed by atoms with E-state index in [0.29, 0.717) is 11.3 Å². The number of pyridine rings is 1. The minimum atomic E-state index is -0.252. The maximum atomic E-state index is 12.2. The molecule has 6 heteroatoms. The molecule has 1 aromatic heterocycles. The lowest BCUT2D eigenvalue weighted by molar-refractivity contribution is -0.130. The van der Waals surface area contributed by atoms with Crippen LogP contribution in [0.15, 0.2) is 24.5 Å². The van der Waals surface area contributed by atoms with E-state index >= 15 is 0 Å². The number of nitrogens with one attached hydrogen (secondary N) is 1. The van der Waals surface area contributed by atoms with Crippen molar-refractivity contribution in [1.82, 2.24) is 15.4 Å². The van der Waals surface area contributed by atoms with E-state index in [2.05, 4.69) is 17.3 Å². The predicted octanol–water partition coefficient (Wildman–Crippen LogP) is 3.77. The number of unbranched alkanes of at least 4 members (excludes halogenated alkanes) is 6. The summed E-state index contributed by atoms with van der Waals surface area (Å²) in [4.78, 5) is 28.2. The highest BCUT2D eigenvalue weighted by molar-refractivity contribution is 8.00. The van der Waals surface area contributed by atoms with Crippen LogP contribution in [0.1, 0.15) is 68.6 Å². The molecule has 1 fully saturated rings. The Morgan fingerprint density at radius 1 is 1.21 bits per heavy atom. The molecule has 2 rings (SSSR count). The number of hydrogen-bond acceptors (Lipinski definition) is 4. The molecule has 0 spiro atoms. The van der Waals surface area contributed by atoms with Crippen LogP contribution in [-0.2, 0) is 4.79 Å². The van der Waals surface area contributed by atoms with E-state index in [4.69, 9.17) is 0 Å². The van der Waals surface area contributed by atoms with Gasteiger partial charge < -0.3 is 0 Å². The van der Waals surface area contributed by atoms with Gasteiger partial charge in [0.2, 0.25) is 0 Å². The molecule has 5 nitrogen and oxygen atoms in total. The molecule has 1 N–H and O–H groups in total. The van der Waals surface area contributed by atoms with Crippen LogP contribution in [0.3, 0.4) is 0 Å². The molecule has 1 aromatic rings. The van der Waals surface area contributed by atoms with Gasteiger partial charge in [-0.05, 0) is 18.6 Å². The van der Waals surface area contributed by atoms with Crippen molar-refractivity contribution >= 4 is 23.6 Å². The van der Waals surface area contributed by atoms with Gasteiger partial charge in [0.15, 0.2) is 0 Å².